The van der Waals surface area contributed by atoms with Crippen LogP contribution in [0.3, 0.4) is 0 Å². The molecule has 1 aliphatic rings. The monoisotopic (exact) mass is 358 g/mol. The summed E-state index contributed by atoms with van der Waals surface area (Å²) >= 11 is 0. The van der Waals surface area contributed by atoms with Gasteiger partial charge in [-0.15, -0.1) is 0 Å². The predicted molar refractivity (Wildman–Crippen MR) is 89.5 cm³/mol. The smallest absolute Gasteiger partial charge is 0.449 e. The molecule has 0 bridgehead atoms. The van der Waals surface area contributed by atoms with E-state index in [2.05, 4.69) is 20.4 Å². The number of nitrogens with one attached hydrogen (secondary N) is 1. The van der Waals surface area contributed by atoms with E-state index in [9.17, 15) is 4.79 Å². The van der Waals surface area contributed by atoms with Crippen LogP contribution in [0.1, 0.15) is 37.2 Å². The van der Waals surface area contributed by atoms with Crippen LogP contribution in [-0.4, -0.2) is 33.5 Å². The number of hydrogen-bond acceptors (Lipinski definition) is 8. The first-order valence-corrected chi connectivity index (χ1v) is 7.83. The van der Waals surface area contributed by atoms with Crippen molar-refractivity contribution in [3.8, 4) is 0 Å². The Kier molecular flexibility index (Phi) is 4.99. The zero-order chi connectivity index (χ0) is 18.7. The zero-order valence-electron chi connectivity index (χ0n) is 14.5. The Morgan fingerprint density at radius 1 is 1.35 bits per heavy atom. The summed E-state index contributed by atoms with van der Waals surface area (Å²) in [6.45, 7) is 3.76. The Bertz CT molecular complexity index is 872. The molecule has 0 saturated carbocycles. The number of carboxylic acid groups (broad SMARTS) is 1. The van der Waals surface area contributed by atoms with Crippen molar-refractivity contribution >= 4 is 11.7 Å². The Morgan fingerprint density at radius 3 is 2.81 bits per heavy atom. The van der Waals surface area contributed by atoms with Gasteiger partial charge in [-0.3, -0.25) is 4.98 Å². The molecule has 1 atom stereocenters. The van der Waals surface area contributed by atoms with E-state index in [-0.39, 0.29) is 12.4 Å². The first-order valence-electron chi connectivity index (χ1n) is 7.83. The zero-order valence-corrected chi connectivity index (χ0v) is 14.5. The standard InChI is InChI=1S/C17H18N4O5/c1-9-13(16-20-12(8-24-3)26-21-16)14(11-6-4-5-7-18-11)15(10(2)19-9)25-17(22)23/h4-7,14,19H,8H2,1-3H3,(H,22,23). The lowest BCUT2D eigenvalue weighted by Crippen LogP contribution is -2.27. The summed E-state index contributed by atoms with van der Waals surface area (Å²) in [5.74, 6) is 0.252. The highest BCUT2D eigenvalue weighted by Gasteiger charge is 2.36. The van der Waals surface area contributed by atoms with Crippen molar-refractivity contribution in [3.05, 3.63) is 59.0 Å². The topological polar surface area (TPSA) is 120 Å². The molecule has 0 radical (unpaired) electrons. The minimum Gasteiger partial charge on any atom is -0.449 e. The number of nitrogens with zero attached hydrogens (tertiary/aromatic N) is 3. The first kappa shape index (κ1) is 17.6. The maximum Gasteiger partial charge on any atom is 0.511 e. The number of dihydropyridines is 1. The molecular weight excluding hydrogens is 340 g/mol. The van der Waals surface area contributed by atoms with Crippen molar-refractivity contribution in [1.29, 1.82) is 0 Å². The molecule has 26 heavy (non-hydrogen) atoms. The van der Waals surface area contributed by atoms with E-state index in [1.807, 2.05) is 13.0 Å². The van der Waals surface area contributed by atoms with E-state index in [4.69, 9.17) is 19.1 Å². The fraction of sp³-hybridized carbons (Fsp3) is 0.294. The van der Waals surface area contributed by atoms with Crippen LogP contribution in [0.25, 0.3) is 5.57 Å². The van der Waals surface area contributed by atoms with Gasteiger partial charge in [-0.25, -0.2) is 4.79 Å². The van der Waals surface area contributed by atoms with Crippen molar-refractivity contribution in [3.63, 3.8) is 0 Å². The highest BCUT2D eigenvalue weighted by atomic mass is 16.7. The summed E-state index contributed by atoms with van der Waals surface area (Å²) in [6, 6.07) is 5.38. The van der Waals surface area contributed by atoms with Crippen LogP contribution in [0, 0.1) is 0 Å². The average molecular weight is 358 g/mol. The van der Waals surface area contributed by atoms with Gasteiger partial charge < -0.3 is 24.4 Å². The van der Waals surface area contributed by atoms with Crippen molar-refractivity contribution in [1.82, 2.24) is 20.4 Å². The second kappa shape index (κ2) is 7.36. The van der Waals surface area contributed by atoms with E-state index >= 15 is 0 Å². The molecule has 3 rings (SSSR count). The van der Waals surface area contributed by atoms with E-state index in [1.54, 1.807) is 25.3 Å². The number of allylic oxidation sites excluding steroid dienone is 3. The van der Waals surface area contributed by atoms with Gasteiger partial charge in [-0.05, 0) is 26.0 Å². The van der Waals surface area contributed by atoms with Gasteiger partial charge in [-0.2, -0.15) is 4.98 Å². The summed E-state index contributed by atoms with van der Waals surface area (Å²) in [5.41, 5.74) is 2.55. The molecule has 0 spiro atoms. The number of pyridine rings is 1. The maximum absolute atomic E-state index is 11.2. The molecule has 9 heteroatoms. The Balaban J connectivity index is 2.12. The molecule has 136 valence electrons. The van der Waals surface area contributed by atoms with Gasteiger partial charge in [0.15, 0.2) is 0 Å². The molecule has 0 amide bonds. The second-order valence-electron chi connectivity index (χ2n) is 5.65. The van der Waals surface area contributed by atoms with Crippen molar-refractivity contribution < 1.29 is 23.9 Å². The quantitative estimate of drug-likeness (QED) is 0.777. The lowest BCUT2D eigenvalue weighted by atomic mass is 9.87. The SMILES string of the molecule is COCc1nc(C2=C(C)NC(C)=C(OC(=O)O)C2c2ccccn2)no1. The van der Waals surface area contributed by atoms with Gasteiger partial charge in [0, 0.05) is 24.6 Å². The second-order valence-corrected chi connectivity index (χ2v) is 5.65. The third kappa shape index (κ3) is 3.42. The van der Waals surface area contributed by atoms with E-state index in [0.29, 0.717) is 28.7 Å². The lowest BCUT2D eigenvalue weighted by Gasteiger charge is -2.29. The van der Waals surface area contributed by atoms with E-state index in [0.717, 1.165) is 5.70 Å². The number of methoxy groups -OCH3 is 1. The minimum atomic E-state index is -1.41. The van der Waals surface area contributed by atoms with Crippen molar-refractivity contribution in [2.75, 3.05) is 7.11 Å². The normalized spacial score (nSPS) is 17.3. The number of hydrogen-bond donors (Lipinski definition) is 2. The van der Waals surface area contributed by atoms with Crippen molar-refractivity contribution in [2.45, 2.75) is 26.4 Å². The van der Waals surface area contributed by atoms with Crippen molar-refractivity contribution in [2.24, 2.45) is 0 Å². The number of rotatable bonds is 5. The minimum absolute atomic E-state index is 0.175. The molecular formula is C17H18N4O5. The Labute approximate surface area is 149 Å². The van der Waals surface area contributed by atoms with Crippen LogP contribution in [0.2, 0.25) is 0 Å². The van der Waals surface area contributed by atoms with Crippen LogP contribution in [0.5, 0.6) is 0 Å². The summed E-state index contributed by atoms with van der Waals surface area (Å²) in [6.07, 6.45) is 0.221. The van der Waals surface area contributed by atoms with E-state index in [1.165, 1.54) is 7.11 Å². The molecule has 1 unspecified atom stereocenters. The first-order chi connectivity index (χ1) is 12.5. The molecule has 3 heterocycles. The third-order valence-corrected chi connectivity index (χ3v) is 3.86. The largest absolute Gasteiger partial charge is 0.511 e. The van der Waals surface area contributed by atoms with Crippen LogP contribution >= 0.6 is 0 Å². The van der Waals surface area contributed by atoms with Crippen LogP contribution < -0.4 is 5.32 Å². The molecule has 9 nitrogen and oxygen atoms in total. The molecule has 0 saturated heterocycles. The third-order valence-electron chi connectivity index (χ3n) is 3.86. The van der Waals surface area contributed by atoms with Gasteiger partial charge in [0.05, 0.1) is 17.3 Å². The fourth-order valence-corrected chi connectivity index (χ4v) is 2.88. The van der Waals surface area contributed by atoms with Gasteiger partial charge in [0.1, 0.15) is 12.4 Å². The highest BCUT2D eigenvalue weighted by molar-refractivity contribution is 5.75. The predicted octanol–water partition coefficient (Wildman–Crippen LogP) is 2.66. The molecule has 0 aliphatic carbocycles. The average Bonchev–Trinajstić information content (AvgIpc) is 3.06. The summed E-state index contributed by atoms with van der Waals surface area (Å²) in [4.78, 5) is 19.9. The highest BCUT2D eigenvalue weighted by Crippen LogP contribution is 2.41. The van der Waals surface area contributed by atoms with E-state index < -0.39 is 12.1 Å². The Hall–Kier alpha value is -3.20. The molecule has 2 aromatic rings. The summed E-state index contributed by atoms with van der Waals surface area (Å²) in [7, 11) is 1.53. The van der Waals surface area contributed by atoms with Crippen LogP contribution in [0.4, 0.5) is 4.79 Å². The van der Waals surface area contributed by atoms with Gasteiger partial charge in [0.25, 0.3) is 5.89 Å². The molecule has 2 aromatic heterocycles. The number of carbonyl (C=O) groups is 1. The fourth-order valence-electron chi connectivity index (χ4n) is 2.88. The summed E-state index contributed by atoms with van der Waals surface area (Å²) in [5, 5.41) is 16.3. The maximum atomic E-state index is 11.2. The Morgan fingerprint density at radius 2 is 2.15 bits per heavy atom. The summed E-state index contributed by atoms with van der Waals surface area (Å²) < 4.78 is 15.3. The van der Waals surface area contributed by atoms with Gasteiger partial charge in [0.2, 0.25) is 5.82 Å². The van der Waals surface area contributed by atoms with Crippen LogP contribution in [-0.2, 0) is 16.1 Å². The van der Waals surface area contributed by atoms with Gasteiger partial charge >= 0.3 is 6.16 Å². The number of aromatic nitrogens is 3. The lowest BCUT2D eigenvalue weighted by molar-refractivity contribution is 0.114. The molecule has 0 aromatic carbocycles. The van der Waals surface area contributed by atoms with Gasteiger partial charge in [-0.1, -0.05) is 11.2 Å². The van der Waals surface area contributed by atoms with Crippen LogP contribution in [0.15, 0.2) is 46.1 Å². The molecule has 1 aliphatic heterocycles. The molecule has 2 N–H and O–H groups in total. The number of ether oxygens (including phenoxy) is 2. The molecule has 0 fully saturated rings.